The molecule has 2 N–H and O–H groups in total. The molecule has 0 aliphatic carbocycles. The Bertz CT molecular complexity index is 631. The molecule has 0 radical (unpaired) electrons. The normalized spacial score (nSPS) is 17.5. The number of hydrogen-bond acceptors (Lipinski definition) is 3. The van der Waals surface area contributed by atoms with Crippen molar-refractivity contribution < 1.29 is 18.3 Å². The molecule has 9 heteroatoms. The minimum atomic E-state index is -0.938. The molecule has 1 heterocycles. The van der Waals surface area contributed by atoms with E-state index in [0.717, 1.165) is 18.6 Å². The van der Waals surface area contributed by atoms with E-state index in [1.54, 1.807) is 11.9 Å². The van der Waals surface area contributed by atoms with Crippen LogP contribution in [0.2, 0.25) is 0 Å². The number of likely N-dealkylation sites (tertiary alicyclic amines) is 1. The number of likely N-dealkylation sites (N-methyl/N-ethyl adjacent to an activating group) is 1. The molecule has 1 amide bonds. The Labute approximate surface area is 169 Å². The second kappa shape index (κ2) is 11.1. The molecule has 146 valence electrons. The lowest BCUT2D eigenvalue weighted by molar-refractivity contribution is -0.132. The van der Waals surface area contributed by atoms with E-state index in [1.165, 1.54) is 6.07 Å². The average Bonchev–Trinajstić information content (AvgIpc) is 2.58. The quantitative estimate of drug-likeness (QED) is 0.282. The summed E-state index contributed by atoms with van der Waals surface area (Å²) in [6, 6.07) is 3.56. The standard InChI is InChI=1S/C17H24F2N4O2.HI/c1-3-20-17(22-12-4-7-16(24)23(2)11-12)21-8-9-25-13-5-6-14(18)15(19)10-13;/h5-6,10,12H,3-4,7-9,11H2,1-2H3,(H2,20,21,22);1H. The van der Waals surface area contributed by atoms with E-state index >= 15 is 0 Å². The van der Waals surface area contributed by atoms with E-state index in [-0.39, 0.29) is 48.3 Å². The Kier molecular flexibility index (Phi) is 9.60. The highest BCUT2D eigenvalue weighted by atomic mass is 127. The van der Waals surface area contributed by atoms with Crippen LogP contribution < -0.4 is 15.4 Å². The van der Waals surface area contributed by atoms with Crippen LogP contribution in [0.4, 0.5) is 8.78 Å². The highest BCUT2D eigenvalue weighted by Crippen LogP contribution is 2.15. The molecule has 1 atom stereocenters. The third kappa shape index (κ3) is 6.93. The molecule has 0 spiro atoms. The maximum Gasteiger partial charge on any atom is 0.222 e. The van der Waals surface area contributed by atoms with Crippen LogP contribution in [0.25, 0.3) is 0 Å². The zero-order valence-electron chi connectivity index (χ0n) is 14.9. The van der Waals surface area contributed by atoms with E-state index in [0.29, 0.717) is 32.0 Å². The van der Waals surface area contributed by atoms with Crippen molar-refractivity contribution in [2.45, 2.75) is 25.8 Å². The smallest absolute Gasteiger partial charge is 0.222 e. The highest BCUT2D eigenvalue weighted by molar-refractivity contribution is 14.0. The van der Waals surface area contributed by atoms with Crippen LogP contribution in [0, 0.1) is 11.6 Å². The van der Waals surface area contributed by atoms with Gasteiger partial charge in [-0.1, -0.05) is 0 Å². The molecule has 1 aliphatic heterocycles. The molecule has 1 aliphatic rings. The molecule has 0 bridgehead atoms. The second-order valence-electron chi connectivity index (χ2n) is 5.84. The van der Waals surface area contributed by atoms with Crippen molar-refractivity contribution in [3.8, 4) is 5.75 Å². The number of hydrogen-bond donors (Lipinski definition) is 2. The summed E-state index contributed by atoms with van der Waals surface area (Å²) in [6.45, 7) is 3.90. The first-order valence-corrected chi connectivity index (χ1v) is 8.36. The fourth-order valence-electron chi connectivity index (χ4n) is 2.53. The predicted octanol–water partition coefficient (Wildman–Crippen LogP) is 2.14. The molecule has 26 heavy (non-hydrogen) atoms. The van der Waals surface area contributed by atoms with E-state index < -0.39 is 11.6 Å². The van der Waals surface area contributed by atoms with Crippen LogP contribution in [0.15, 0.2) is 23.2 Å². The van der Waals surface area contributed by atoms with Gasteiger partial charge in [0.15, 0.2) is 17.6 Å². The highest BCUT2D eigenvalue weighted by Gasteiger charge is 2.23. The van der Waals surface area contributed by atoms with Gasteiger partial charge in [0.2, 0.25) is 5.91 Å². The molecular formula is C17H25F2IN4O2. The number of nitrogens with zero attached hydrogens (tertiary/aromatic N) is 2. The Balaban J connectivity index is 0.00000338. The van der Waals surface area contributed by atoms with Gasteiger partial charge in [0, 0.05) is 38.7 Å². The minimum absolute atomic E-state index is 0. The topological polar surface area (TPSA) is 66.0 Å². The number of piperidine rings is 1. The maximum atomic E-state index is 13.1. The SMILES string of the molecule is CCNC(=NCCOc1ccc(F)c(F)c1)NC1CCC(=O)N(C)C1.I. The number of amides is 1. The van der Waals surface area contributed by atoms with Gasteiger partial charge < -0.3 is 20.3 Å². The van der Waals surface area contributed by atoms with Crippen LogP contribution in [0.1, 0.15) is 19.8 Å². The van der Waals surface area contributed by atoms with E-state index in [2.05, 4.69) is 15.6 Å². The van der Waals surface area contributed by atoms with Gasteiger partial charge in [0.1, 0.15) is 12.4 Å². The van der Waals surface area contributed by atoms with Crippen molar-refractivity contribution in [1.29, 1.82) is 0 Å². The molecule has 6 nitrogen and oxygen atoms in total. The van der Waals surface area contributed by atoms with Crippen molar-refractivity contribution in [3.05, 3.63) is 29.8 Å². The first-order chi connectivity index (χ1) is 12.0. The number of rotatable bonds is 6. The molecule has 0 aromatic heterocycles. The van der Waals surface area contributed by atoms with Crippen molar-refractivity contribution in [1.82, 2.24) is 15.5 Å². The van der Waals surface area contributed by atoms with Gasteiger partial charge in [-0.15, -0.1) is 24.0 Å². The van der Waals surface area contributed by atoms with Gasteiger partial charge in [0.25, 0.3) is 0 Å². The number of benzene rings is 1. The summed E-state index contributed by atoms with van der Waals surface area (Å²) in [5.74, 6) is -0.782. The molecular weight excluding hydrogens is 457 g/mol. The summed E-state index contributed by atoms with van der Waals surface area (Å²) in [5.41, 5.74) is 0. The Morgan fingerprint density at radius 3 is 2.81 bits per heavy atom. The van der Waals surface area contributed by atoms with Gasteiger partial charge in [-0.2, -0.15) is 0 Å². The lowest BCUT2D eigenvalue weighted by atomic mass is 10.1. The van der Waals surface area contributed by atoms with Crippen LogP contribution in [0.3, 0.4) is 0 Å². The van der Waals surface area contributed by atoms with E-state index in [9.17, 15) is 13.6 Å². The zero-order valence-corrected chi connectivity index (χ0v) is 17.3. The molecule has 1 unspecified atom stereocenters. The number of guanidine groups is 1. The van der Waals surface area contributed by atoms with Crippen molar-refractivity contribution >= 4 is 35.8 Å². The van der Waals surface area contributed by atoms with E-state index in [4.69, 9.17) is 4.74 Å². The van der Waals surface area contributed by atoms with Crippen molar-refractivity contribution in [2.24, 2.45) is 4.99 Å². The summed E-state index contributed by atoms with van der Waals surface area (Å²) in [4.78, 5) is 17.6. The number of halogens is 3. The van der Waals surface area contributed by atoms with Gasteiger partial charge >= 0.3 is 0 Å². The van der Waals surface area contributed by atoms with Gasteiger partial charge in [0.05, 0.1) is 6.54 Å². The fourth-order valence-corrected chi connectivity index (χ4v) is 2.53. The predicted molar refractivity (Wildman–Crippen MR) is 107 cm³/mol. The average molecular weight is 482 g/mol. The van der Waals surface area contributed by atoms with Gasteiger partial charge in [-0.05, 0) is 25.5 Å². The molecule has 1 saturated heterocycles. The molecule has 1 fully saturated rings. The Hall–Kier alpha value is -1.65. The third-order valence-electron chi connectivity index (χ3n) is 3.83. The molecule has 0 saturated carbocycles. The Morgan fingerprint density at radius 2 is 2.15 bits per heavy atom. The second-order valence-corrected chi connectivity index (χ2v) is 5.84. The number of carbonyl (C=O) groups is 1. The number of aliphatic imine (C=N–C) groups is 1. The van der Waals surface area contributed by atoms with Crippen LogP contribution in [-0.4, -0.2) is 56.1 Å². The van der Waals surface area contributed by atoms with E-state index in [1.807, 2.05) is 6.92 Å². The summed E-state index contributed by atoms with van der Waals surface area (Å²) in [7, 11) is 1.79. The number of nitrogens with one attached hydrogen (secondary N) is 2. The zero-order chi connectivity index (χ0) is 18.2. The monoisotopic (exact) mass is 482 g/mol. The summed E-state index contributed by atoms with van der Waals surface area (Å²) in [6.07, 6.45) is 1.28. The lowest BCUT2D eigenvalue weighted by Crippen LogP contribution is -2.51. The molecule has 1 aromatic rings. The van der Waals surface area contributed by atoms with Gasteiger partial charge in [-0.25, -0.2) is 13.8 Å². The lowest BCUT2D eigenvalue weighted by Gasteiger charge is -2.31. The largest absolute Gasteiger partial charge is 0.492 e. The van der Waals surface area contributed by atoms with Crippen LogP contribution in [0.5, 0.6) is 5.75 Å². The summed E-state index contributed by atoms with van der Waals surface area (Å²) in [5, 5.41) is 6.44. The number of ether oxygens (including phenoxy) is 1. The Morgan fingerprint density at radius 1 is 1.38 bits per heavy atom. The van der Waals surface area contributed by atoms with Crippen molar-refractivity contribution in [3.63, 3.8) is 0 Å². The van der Waals surface area contributed by atoms with Crippen molar-refractivity contribution in [2.75, 3.05) is 33.3 Å². The minimum Gasteiger partial charge on any atom is -0.492 e. The van der Waals surface area contributed by atoms with Crippen LogP contribution in [-0.2, 0) is 4.79 Å². The summed E-state index contributed by atoms with van der Waals surface area (Å²) >= 11 is 0. The number of carbonyl (C=O) groups excluding carboxylic acids is 1. The summed E-state index contributed by atoms with van der Waals surface area (Å²) < 4.78 is 31.3. The first-order valence-electron chi connectivity index (χ1n) is 8.36. The molecule has 2 rings (SSSR count). The van der Waals surface area contributed by atoms with Gasteiger partial charge in [-0.3, -0.25) is 4.79 Å². The van der Waals surface area contributed by atoms with Crippen LogP contribution >= 0.6 is 24.0 Å². The first kappa shape index (κ1) is 22.4. The fraction of sp³-hybridized carbons (Fsp3) is 0.529. The third-order valence-corrected chi connectivity index (χ3v) is 3.83. The molecule has 1 aromatic carbocycles. The maximum absolute atomic E-state index is 13.1.